The summed E-state index contributed by atoms with van der Waals surface area (Å²) in [4.78, 5) is 30.4. The molecule has 1 aliphatic rings. The predicted octanol–water partition coefficient (Wildman–Crippen LogP) is 2.06. The largest absolute Gasteiger partial charge is 0.453 e. The lowest BCUT2D eigenvalue weighted by Gasteiger charge is -2.04. The molecule has 132 valence electrons. The molecule has 1 aromatic heterocycles. The molecule has 0 radical (unpaired) electrons. The van der Waals surface area contributed by atoms with Gasteiger partial charge in [0.05, 0.1) is 48.2 Å². The number of anilines is 1. The zero-order valence-corrected chi connectivity index (χ0v) is 14.1. The molecule has 2 heterocycles. The molecule has 3 N–H and O–H groups in total. The maximum atomic E-state index is 14.4. The summed E-state index contributed by atoms with van der Waals surface area (Å²) < 4.78 is 18.8. The van der Waals surface area contributed by atoms with Crippen LogP contribution >= 0.6 is 0 Å². The summed E-state index contributed by atoms with van der Waals surface area (Å²) in [5, 5.41) is 5.08. The van der Waals surface area contributed by atoms with Crippen molar-refractivity contribution in [3.05, 3.63) is 46.8 Å². The lowest BCUT2D eigenvalue weighted by Crippen LogP contribution is -2.23. The second kappa shape index (κ2) is 7.11. The first-order chi connectivity index (χ1) is 12.5. The number of amides is 2. The first-order valence-electron chi connectivity index (χ1n) is 7.68. The molecule has 0 atom stereocenters. The lowest BCUT2D eigenvalue weighted by atomic mass is 9.99. The number of H-pyrrole nitrogens is 1. The number of rotatable bonds is 2. The van der Waals surface area contributed by atoms with Crippen LogP contribution in [0, 0.1) is 24.6 Å². The first-order valence-corrected chi connectivity index (χ1v) is 7.68. The van der Waals surface area contributed by atoms with Gasteiger partial charge in [0.25, 0.3) is 5.91 Å². The number of carbonyl (C=O) groups excluding carboxylic acids is 2. The van der Waals surface area contributed by atoms with E-state index in [-0.39, 0.29) is 23.6 Å². The number of imidazole rings is 1. The number of aromatic nitrogens is 2. The molecule has 7 nitrogen and oxygen atoms in total. The molecule has 2 amide bonds. The number of nitrogens with one attached hydrogen (secondary N) is 3. The van der Waals surface area contributed by atoms with Gasteiger partial charge >= 0.3 is 6.09 Å². The smallest absolute Gasteiger partial charge is 0.407 e. The van der Waals surface area contributed by atoms with Crippen LogP contribution in [-0.2, 0) is 9.53 Å². The van der Waals surface area contributed by atoms with E-state index in [2.05, 4.69) is 37.2 Å². The van der Waals surface area contributed by atoms with Crippen LogP contribution in [0.25, 0.3) is 11.6 Å². The minimum atomic E-state index is -0.634. The van der Waals surface area contributed by atoms with Crippen molar-refractivity contribution < 1.29 is 18.7 Å². The van der Waals surface area contributed by atoms with Gasteiger partial charge in [-0.2, -0.15) is 0 Å². The predicted molar refractivity (Wildman–Crippen MR) is 93.5 cm³/mol. The number of ether oxygens (including phenoxy) is 1. The Kier molecular flexibility index (Phi) is 4.71. The molecular formula is C18H15FN4O3. The summed E-state index contributed by atoms with van der Waals surface area (Å²) in [5.74, 6) is 4.43. The van der Waals surface area contributed by atoms with Crippen LogP contribution in [0.2, 0.25) is 0 Å². The Morgan fingerprint density at radius 3 is 2.96 bits per heavy atom. The molecule has 1 aliphatic heterocycles. The molecule has 0 saturated heterocycles. The van der Waals surface area contributed by atoms with E-state index < -0.39 is 11.9 Å². The quantitative estimate of drug-likeness (QED) is 0.568. The van der Waals surface area contributed by atoms with Gasteiger partial charge in [-0.3, -0.25) is 4.79 Å². The van der Waals surface area contributed by atoms with Gasteiger partial charge in [-0.05, 0) is 25.1 Å². The fraction of sp³-hybridized carbons (Fsp3) is 0.167. The van der Waals surface area contributed by atoms with E-state index >= 15 is 0 Å². The van der Waals surface area contributed by atoms with Crippen molar-refractivity contribution in [2.75, 3.05) is 19.0 Å². The highest BCUT2D eigenvalue weighted by atomic mass is 19.1. The van der Waals surface area contributed by atoms with Crippen LogP contribution < -0.4 is 10.6 Å². The molecule has 2 aromatic rings. The number of carbonyl (C=O) groups is 2. The van der Waals surface area contributed by atoms with Gasteiger partial charge in [-0.25, -0.2) is 14.2 Å². The van der Waals surface area contributed by atoms with Crippen molar-refractivity contribution in [1.82, 2.24) is 15.3 Å². The highest BCUT2D eigenvalue weighted by Gasteiger charge is 2.28. The monoisotopic (exact) mass is 354 g/mol. The third-order valence-electron chi connectivity index (χ3n) is 3.79. The Morgan fingerprint density at radius 1 is 1.46 bits per heavy atom. The van der Waals surface area contributed by atoms with Gasteiger partial charge in [-0.15, -0.1) is 0 Å². The zero-order chi connectivity index (χ0) is 18.7. The zero-order valence-electron chi connectivity index (χ0n) is 14.1. The van der Waals surface area contributed by atoms with E-state index in [0.29, 0.717) is 22.6 Å². The maximum absolute atomic E-state index is 14.4. The molecular weight excluding hydrogens is 339 g/mol. The normalized spacial score (nSPS) is 13.7. The molecule has 0 bridgehead atoms. The number of nitrogens with zero attached hydrogens (tertiary/aromatic N) is 1. The fourth-order valence-electron chi connectivity index (χ4n) is 2.51. The molecule has 3 rings (SSSR count). The third-order valence-corrected chi connectivity index (χ3v) is 3.79. The number of methoxy groups -OCH3 is 1. The Balaban J connectivity index is 2.01. The van der Waals surface area contributed by atoms with Gasteiger partial charge in [0, 0.05) is 5.56 Å². The molecule has 8 heteroatoms. The van der Waals surface area contributed by atoms with Gasteiger partial charge in [0.15, 0.2) is 0 Å². The standard InChI is InChI=1S/C18H15FN4O3/c1-10-15(22-9-21-10)8-12-16-11(4-3-7-20-18(25)26-2)13(19)5-6-14(16)23-17(12)24/h5-6,8-9H,7H2,1-2H3,(H,20,25)(H,21,22)(H,23,24). The average molecular weight is 354 g/mol. The van der Waals surface area contributed by atoms with E-state index in [1.807, 2.05) is 0 Å². The molecule has 0 saturated carbocycles. The van der Waals surface area contributed by atoms with Gasteiger partial charge in [0.1, 0.15) is 5.82 Å². The molecule has 26 heavy (non-hydrogen) atoms. The minimum Gasteiger partial charge on any atom is -0.453 e. The summed E-state index contributed by atoms with van der Waals surface area (Å²) in [7, 11) is 1.23. The first kappa shape index (κ1) is 17.2. The summed E-state index contributed by atoms with van der Waals surface area (Å²) in [6, 6.07) is 2.72. The fourth-order valence-corrected chi connectivity index (χ4v) is 2.51. The number of alkyl carbamates (subject to hydrolysis) is 1. The van der Waals surface area contributed by atoms with Crippen LogP contribution in [0.5, 0.6) is 0 Å². The highest BCUT2D eigenvalue weighted by molar-refractivity contribution is 6.35. The number of benzene rings is 1. The topological polar surface area (TPSA) is 96.1 Å². The Morgan fingerprint density at radius 2 is 2.27 bits per heavy atom. The Bertz CT molecular complexity index is 982. The molecule has 0 unspecified atom stereocenters. The van der Waals surface area contributed by atoms with Crippen molar-refractivity contribution in [3.8, 4) is 11.8 Å². The van der Waals surface area contributed by atoms with Gasteiger partial charge < -0.3 is 20.4 Å². The molecule has 0 aliphatic carbocycles. The van der Waals surface area contributed by atoms with Crippen molar-refractivity contribution >= 4 is 29.3 Å². The number of halogens is 1. The summed E-state index contributed by atoms with van der Waals surface area (Å²) in [5.41, 5.74) is 2.59. The number of aromatic amines is 1. The molecule has 1 aromatic carbocycles. The van der Waals surface area contributed by atoms with Crippen molar-refractivity contribution in [3.63, 3.8) is 0 Å². The number of hydrogen-bond acceptors (Lipinski definition) is 4. The van der Waals surface area contributed by atoms with Crippen molar-refractivity contribution in [2.45, 2.75) is 6.92 Å². The second-order valence-corrected chi connectivity index (χ2v) is 5.41. The van der Waals surface area contributed by atoms with Gasteiger partial charge in [0.2, 0.25) is 0 Å². The van der Waals surface area contributed by atoms with Crippen LogP contribution in [0.1, 0.15) is 22.5 Å². The second-order valence-electron chi connectivity index (χ2n) is 5.41. The minimum absolute atomic E-state index is 0.0180. The van der Waals surface area contributed by atoms with Crippen LogP contribution in [0.15, 0.2) is 18.5 Å². The van der Waals surface area contributed by atoms with Crippen LogP contribution in [-0.4, -0.2) is 35.6 Å². The number of hydrogen-bond donors (Lipinski definition) is 3. The van der Waals surface area contributed by atoms with Crippen LogP contribution in [0.4, 0.5) is 14.9 Å². The van der Waals surface area contributed by atoms with Crippen LogP contribution in [0.3, 0.4) is 0 Å². The van der Waals surface area contributed by atoms with Gasteiger partial charge in [-0.1, -0.05) is 11.8 Å². The SMILES string of the molecule is COC(=O)NCC#Cc1c(F)ccc2c1C(=Cc1[nH]cnc1C)C(=O)N2. The Hall–Kier alpha value is -3.60. The summed E-state index contributed by atoms with van der Waals surface area (Å²) >= 11 is 0. The van der Waals surface area contributed by atoms with E-state index in [1.165, 1.54) is 25.6 Å². The van der Waals surface area contributed by atoms with Crippen molar-refractivity contribution in [2.24, 2.45) is 0 Å². The van der Waals surface area contributed by atoms with E-state index in [4.69, 9.17) is 0 Å². The number of aryl methyl sites for hydroxylation is 1. The Labute approximate surface area is 148 Å². The van der Waals surface area contributed by atoms with Crippen molar-refractivity contribution in [1.29, 1.82) is 0 Å². The molecule has 0 spiro atoms. The maximum Gasteiger partial charge on any atom is 0.407 e. The van der Waals surface area contributed by atoms with E-state index in [9.17, 15) is 14.0 Å². The summed E-state index contributed by atoms with van der Waals surface area (Å²) in [6.07, 6.45) is 2.49. The lowest BCUT2D eigenvalue weighted by molar-refractivity contribution is -0.110. The third kappa shape index (κ3) is 3.28. The summed E-state index contributed by atoms with van der Waals surface area (Å²) in [6.45, 7) is 1.78. The average Bonchev–Trinajstić information content (AvgIpc) is 3.17. The highest BCUT2D eigenvalue weighted by Crippen LogP contribution is 2.36. The van der Waals surface area contributed by atoms with E-state index in [0.717, 1.165) is 0 Å². The number of fused-ring (bicyclic) bond motifs is 1. The molecule has 0 fully saturated rings. The van der Waals surface area contributed by atoms with E-state index in [1.54, 1.807) is 13.0 Å².